The lowest BCUT2D eigenvalue weighted by atomic mass is 10.1. The van der Waals surface area contributed by atoms with Gasteiger partial charge >= 0.3 is 0 Å². The van der Waals surface area contributed by atoms with Crippen LogP contribution < -0.4 is 0 Å². The maximum absolute atomic E-state index is 13.6. The van der Waals surface area contributed by atoms with Crippen molar-refractivity contribution in [2.75, 3.05) is 13.1 Å². The molecule has 116 valence electrons. The molecule has 0 spiro atoms. The molecule has 1 aliphatic rings. The fourth-order valence-corrected chi connectivity index (χ4v) is 3.37. The first-order chi connectivity index (χ1) is 10.6. The van der Waals surface area contributed by atoms with Crippen molar-refractivity contribution in [3.8, 4) is 11.4 Å². The van der Waals surface area contributed by atoms with E-state index in [2.05, 4.69) is 15.0 Å². The van der Waals surface area contributed by atoms with E-state index in [1.165, 1.54) is 30.7 Å². The fourth-order valence-electron chi connectivity index (χ4n) is 2.28. The second kappa shape index (κ2) is 6.75. The molecule has 0 radical (unpaired) electrons. The molecule has 1 saturated heterocycles. The second-order valence-electron chi connectivity index (χ2n) is 5.22. The Hall–Kier alpha value is -1.47. The average Bonchev–Trinajstić information content (AvgIpc) is 3.19. The molecule has 2 aromatic rings. The van der Waals surface area contributed by atoms with Gasteiger partial charge in [-0.1, -0.05) is 41.3 Å². The summed E-state index contributed by atoms with van der Waals surface area (Å²) >= 11 is 6.92. The number of rotatable bonds is 3. The Morgan fingerprint density at radius 2 is 2.18 bits per heavy atom. The van der Waals surface area contributed by atoms with Crippen molar-refractivity contribution in [3.63, 3.8) is 0 Å². The maximum Gasteiger partial charge on any atom is 0.237 e. The summed E-state index contributed by atoms with van der Waals surface area (Å²) in [4.78, 5) is 6.51. The van der Waals surface area contributed by atoms with Crippen molar-refractivity contribution in [2.24, 2.45) is 0 Å². The van der Waals surface area contributed by atoms with Crippen molar-refractivity contribution >= 4 is 28.3 Å². The molecule has 0 atom stereocenters. The predicted octanol–water partition coefficient (Wildman–Crippen LogP) is 3.80. The van der Waals surface area contributed by atoms with Crippen LogP contribution in [-0.4, -0.2) is 32.5 Å². The minimum atomic E-state index is -0.270. The van der Waals surface area contributed by atoms with Crippen molar-refractivity contribution < 1.29 is 8.91 Å². The molecule has 4 nitrogen and oxygen atoms in total. The largest absolute Gasteiger partial charge is 0.358 e. The minimum absolute atomic E-state index is 0.270. The van der Waals surface area contributed by atoms with Crippen LogP contribution in [0.5, 0.6) is 0 Å². The van der Waals surface area contributed by atoms with Gasteiger partial charge in [0.05, 0.1) is 5.75 Å². The topological polar surface area (TPSA) is 42.2 Å². The summed E-state index contributed by atoms with van der Waals surface area (Å²) in [5, 5.41) is 3.91. The molecule has 1 aliphatic heterocycles. The van der Waals surface area contributed by atoms with E-state index in [-0.39, 0.29) is 5.82 Å². The number of thioether (sulfide) groups is 1. The number of likely N-dealkylation sites (tertiary alicyclic amines) is 1. The molecule has 0 amide bonds. The SMILES string of the molecule is Cc1ccc(-c2noc(CSC(=S)N3CCCC3)n2)cc1F. The molecular weight excluding hydrogens is 321 g/mol. The lowest BCUT2D eigenvalue weighted by Gasteiger charge is -2.16. The van der Waals surface area contributed by atoms with Gasteiger partial charge in [0.2, 0.25) is 11.7 Å². The zero-order chi connectivity index (χ0) is 15.5. The number of halogens is 1. The Kier molecular flexibility index (Phi) is 4.73. The van der Waals surface area contributed by atoms with Gasteiger partial charge in [-0.25, -0.2) is 4.39 Å². The highest BCUT2D eigenvalue weighted by atomic mass is 32.2. The van der Waals surface area contributed by atoms with Gasteiger partial charge in [0.1, 0.15) is 10.1 Å². The lowest BCUT2D eigenvalue weighted by molar-refractivity contribution is 0.392. The van der Waals surface area contributed by atoms with E-state index in [0.29, 0.717) is 28.6 Å². The van der Waals surface area contributed by atoms with Crippen LogP contribution in [0.15, 0.2) is 22.7 Å². The third-order valence-corrected chi connectivity index (χ3v) is 5.09. The van der Waals surface area contributed by atoms with E-state index in [1.807, 2.05) is 0 Å². The number of thiocarbonyl (C=S) groups is 1. The molecule has 2 heterocycles. The highest BCUT2D eigenvalue weighted by molar-refractivity contribution is 8.22. The Labute approximate surface area is 138 Å². The molecule has 0 bridgehead atoms. The molecule has 1 aromatic carbocycles. The van der Waals surface area contributed by atoms with Gasteiger partial charge in [-0.15, -0.1) is 0 Å². The lowest BCUT2D eigenvalue weighted by Crippen LogP contribution is -2.23. The smallest absolute Gasteiger partial charge is 0.237 e. The van der Waals surface area contributed by atoms with Gasteiger partial charge in [0.25, 0.3) is 0 Å². The summed E-state index contributed by atoms with van der Waals surface area (Å²) in [5.74, 6) is 1.17. The number of nitrogens with zero attached hydrogens (tertiary/aromatic N) is 3. The molecule has 0 N–H and O–H groups in total. The van der Waals surface area contributed by atoms with Crippen LogP contribution in [0.4, 0.5) is 4.39 Å². The van der Waals surface area contributed by atoms with Gasteiger partial charge in [-0.3, -0.25) is 0 Å². The summed E-state index contributed by atoms with van der Waals surface area (Å²) in [7, 11) is 0. The third-order valence-electron chi connectivity index (χ3n) is 3.58. The van der Waals surface area contributed by atoms with Crippen LogP contribution in [0, 0.1) is 12.7 Å². The van der Waals surface area contributed by atoms with Crippen LogP contribution in [0.2, 0.25) is 0 Å². The summed E-state index contributed by atoms with van der Waals surface area (Å²) in [5.41, 5.74) is 1.21. The quantitative estimate of drug-likeness (QED) is 0.794. The van der Waals surface area contributed by atoms with Crippen LogP contribution in [-0.2, 0) is 5.75 Å². The zero-order valence-electron chi connectivity index (χ0n) is 12.2. The molecule has 3 rings (SSSR count). The molecule has 22 heavy (non-hydrogen) atoms. The molecule has 7 heteroatoms. The summed E-state index contributed by atoms with van der Waals surface area (Å²) in [6.07, 6.45) is 2.40. The van der Waals surface area contributed by atoms with Crippen LogP contribution in [0.3, 0.4) is 0 Å². The van der Waals surface area contributed by atoms with E-state index in [1.54, 1.807) is 19.1 Å². The molecule has 1 fully saturated rings. The molecular formula is C15H16FN3OS2. The number of hydrogen-bond donors (Lipinski definition) is 0. The van der Waals surface area contributed by atoms with Gasteiger partial charge < -0.3 is 9.42 Å². The normalized spacial score (nSPS) is 14.5. The zero-order valence-corrected chi connectivity index (χ0v) is 13.8. The number of aryl methyl sites for hydroxylation is 1. The standard InChI is InChI=1S/C15H16FN3OS2/c1-10-4-5-11(8-12(10)16)14-17-13(20-18-14)9-22-15(21)19-6-2-3-7-19/h4-5,8H,2-3,6-7,9H2,1H3. The van der Waals surface area contributed by atoms with Crippen LogP contribution >= 0.6 is 24.0 Å². The molecule has 0 saturated carbocycles. The number of aromatic nitrogens is 2. The Bertz CT molecular complexity index is 683. The Morgan fingerprint density at radius 1 is 1.41 bits per heavy atom. The molecule has 0 unspecified atom stereocenters. The Balaban J connectivity index is 1.63. The second-order valence-corrected chi connectivity index (χ2v) is 6.83. The van der Waals surface area contributed by atoms with Gasteiger partial charge in [-0.2, -0.15) is 4.98 Å². The predicted molar refractivity (Wildman–Crippen MR) is 89.1 cm³/mol. The van der Waals surface area contributed by atoms with Gasteiger partial charge in [0, 0.05) is 18.7 Å². The summed E-state index contributed by atoms with van der Waals surface area (Å²) < 4.78 is 19.7. The average molecular weight is 337 g/mol. The number of benzene rings is 1. The highest BCUT2D eigenvalue weighted by Gasteiger charge is 2.17. The highest BCUT2D eigenvalue weighted by Crippen LogP contribution is 2.22. The van der Waals surface area contributed by atoms with Gasteiger partial charge in [-0.05, 0) is 31.4 Å². The van der Waals surface area contributed by atoms with Crippen molar-refractivity contribution in [3.05, 3.63) is 35.5 Å². The first-order valence-corrected chi connectivity index (χ1v) is 8.53. The van der Waals surface area contributed by atoms with Crippen LogP contribution in [0.1, 0.15) is 24.3 Å². The van der Waals surface area contributed by atoms with E-state index in [9.17, 15) is 4.39 Å². The van der Waals surface area contributed by atoms with E-state index in [4.69, 9.17) is 16.7 Å². The minimum Gasteiger partial charge on any atom is -0.358 e. The summed E-state index contributed by atoms with van der Waals surface area (Å²) in [6, 6.07) is 4.92. The first-order valence-electron chi connectivity index (χ1n) is 7.14. The fraction of sp³-hybridized carbons (Fsp3) is 0.400. The van der Waals surface area contributed by atoms with Crippen molar-refractivity contribution in [1.29, 1.82) is 0 Å². The molecule has 0 aliphatic carbocycles. The third kappa shape index (κ3) is 3.47. The molecule has 1 aromatic heterocycles. The van der Waals surface area contributed by atoms with Crippen molar-refractivity contribution in [2.45, 2.75) is 25.5 Å². The summed E-state index contributed by atoms with van der Waals surface area (Å²) in [6.45, 7) is 3.78. The number of hydrogen-bond acceptors (Lipinski definition) is 5. The van der Waals surface area contributed by atoms with E-state index in [0.717, 1.165) is 17.4 Å². The first kappa shape index (κ1) is 15.4. The van der Waals surface area contributed by atoms with E-state index < -0.39 is 0 Å². The van der Waals surface area contributed by atoms with E-state index >= 15 is 0 Å². The Morgan fingerprint density at radius 3 is 2.91 bits per heavy atom. The maximum atomic E-state index is 13.6. The van der Waals surface area contributed by atoms with Gasteiger partial charge in [0.15, 0.2) is 0 Å². The van der Waals surface area contributed by atoms with Crippen LogP contribution in [0.25, 0.3) is 11.4 Å². The monoisotopic (exact) mass is 337 g/mol. The van der Waals surface area contributed by atoms with Crippen molar-refractivity contribution in [1.82, 2.24) is 15.0 Å².